The van der Waals surface area contributed by atoms with Crippen molar-refractivity contribution in [2.75, 3.05) is 19.8 Å². The first kappa shape index (κ1) is 96.8. The summed E-state index contributed by atoms with van der Waals surface area (Å²) < 4.78 is 63.4. The van der Waals surface area contributed by atoms with E-state index in [1.54, 1.807) is 148 Å². The number of imidazole rings is 1. The minimum Gasteiger partial charge on any atom is -0.462 e. The summed E-state index contributed by atoms with van der Waals surface area (Å²) in [6.07, 6.45) is -0.320. The first-order valence-electron chi connectivity index (χ1n) is 36.0. The number of halogens is 1. The van der Waals surface area contributed by atoms with Crippen LogP contribution in [0.3, 0.4) is 0 Å². The number of hydrogen-bond acceptors (Lipinski definition) is 31. The zero-order valence-corrected chi connectivity index (χ0v) is 71.1. The number of aryl methyl sites for hydroxylation is 1. The molecule has 42 heteroatoms. The smallest absolute Gasteiger partial charge is 0.323 e. The molecule has 3 saturated heterocycles. The van der Waals surface area contributed by atoms with E-state index in [4.69, 9.17) is 103 Å². The highest BCUT2D eigenvalue weighted by atomic mass is 35.7. The molecule has 4 aromatic rings. The third-order valence-electron chi connectivity index (χ3n) is 16.8. The maximum absolute atomic E-state index is 12.4. The number of ketones is 3. The number of carbonyl (C=O) groups is 9. The van der Waals surface area contributed by atoms with Crippen LogP contribution in [0.1, 0.15) is 102 Å². The van der Waals surface area contributed by atoms with Crippen LogP contribution in [-0.4, -0.2) is 241 Å². The van der Waals surface area contributed by atoms with Crippen molar-refractivity contribution in [3.8, 4) is 17.2 Å². The van der Waals surface area contributed by atoms with Crippen LogP contribution in [0.2, 0.25) is 0 Å². The van der Waals surface area contributed by atoms with Gasteiger partial charge in [-0.1, -0.05) is 54.6 Å². The number of nitrogens with one attached hydrogen (secondary N) is 3. The lowest BCUT2D eigenvalue weighted by molar-refractivity contribution is -0.159. The van der Waals surface area contributed by atoms with Crippen LogP contribution in [0, 0.1) is 0 Å². The van der Waals surface area contributed by atoms with E-state index in [0.717, 1.165) is 14.7 Å². The minimum atomic E-state index is -3.42. The number of carbonyl (C=O) groups excluding carboxylic acids is 9. The lowest BCUT2D eigenvalue weighted by Gasteiger charge is -2.34. The second-order valence-corrected chi connectivity index (χ2v) is 39.3. The summed E-state index contributed by atoms with van der Waals surface area (Å²) in [6, 6.07) is 23.9. The van der Waals surface area contributed by atoms with E-state index >= 15 is 0 Å². The Hall–Kier alpha value is -7.04. The Morgan fingerprint density at radius 1 is 0.513 bits per heavy atom. The first-order chi connectivity index (χ1) is 53.7. The van der Waals surface area contributed by atoms with E-state index in [0.29, 0.717) is 17.2 Å². The number of nitrogens with zero attached hydrogens (tertiary/aromatic N) is 5. The predicted octanol–water partition coefficient (Wildman–Crippen LogP) is 4.79. The summed E-state index contributed by atoms with van der Waals surface area (Å²) in [5.41, 5.74) is -5.47. The van der Waals surface area contributed by atoms with Crippen LogP contribution >= 0.6 is 30.3 Å². The third-order valence-corrected chi connectivity index (χ3v) is 24.0. The predicted molar refractivity (Wildman–Crippen MR) is 426 cm³/mol. The van der Waals surface area contributed by atoms with Gasteiger partial charge >= 0.3 is 31.2 Å². The number of allylic oxidation sites excluding steroid dienone is 3. The highest BCUT2D eigenvalue weighted by Gasteiger charge is 2.58. The summed E-state index contributed by atoms with van der Waals surface area (Å²) in [4.78, 5) is 114. The molecule has 18 atom stereocenters. The van der Waals surface area contributed by atoms with Crippen molar-refractivity contribution in [3.05, 3.63) is 147 Å². The second kappa shape index (κ2) is 43.1. The third kappa shape index (κ3) is 28.6. The van der Waals surface area contributed by atoms with Gasteiger partial charge in [0.05, 0.1) is 63.7 Å². The van der Waals surface area contributed by atoms with Crippen LogP contribution < -0.4 is 28.8 Å². The van der Waals surface area contributed by atoms with Crippen molar-refractivity contribution in [2.45, 2.75) is 211 Å². The summed E-state index contributed by atoms with van der Waals surface area (Å²) in [6.45, 7) is 11.2. The molecule has 35 nitrogen and oxygen atoms in total. The number of rotatable bonds is 28. The second-order valence-electron chi connectivity index (χ2n) is 28.1. The van der Waals surface area contributed by atoms with Crippen molar-refractivity contribution >= 4 is 119 Å². The van der Waals surface area contributed by atoms with Crippen LogP contribution in [0.4, 0.5) is 0 Å². The van der Waals surface area contributed by atoms with Gasteiger partial charge in [-0.05, 0) is 184 Å². The lowest BCUT2D eigenvalue weighted by atomic mass is 9.95. The SMILES string of the molecule is CC(C)OC(=O)[C@H](C)NP(=S)(Cl)Oc1ccccc1.CC(C)OC(=O)[C@H](C)N[P@@](=S)(OC[C@H]1O[C@@H](N2C=CC(=O)CC2=O)[C@](C)(O)[C@@H]1O)Oc1ccccc1.CC(C)OC(=O)[C@H](C)N[P@](=S)(OC[C@H]1O[C@@H](N2C=CC(=O)CC2=O)[C@](C)(O)[C@@H]1O)Oc1ccccc1.C[C@@]1(O)[C@H](O)[C@@H](CO)O[C@H]1N1C=CC(=O)CC1=O.Cn1ccnc1. The van der Waals surface area contributed by atoms with Crippen molar-refractivity contribution in [1.82, 2.24) is 39.5 Å². The number of amides is 3. The van der Waals surface area contributed by atoms with E-state index in [-0.39, 0.29) is 68.1 Å². The van der Waals surface area contributed by atoms with Crippen molar-refractivity contribution in [2.24, 2.45) is 7.05 Å². The standard InChI is InChI=1S/2C23H31N2O9PS.C12H17ClNO3PS.C11H15NO6.C4H6N2/c2*1-14(2)32-21(29)15(3)24-35(36,34-17-8-6-5-7-9-17)31-13-18-20(28)23(4,30)22(33-18)25-11-10-16(26)12-19(25)27;1-9(2)16-12(15)10(3)14-18(13,19)17-11-7-5-4-6-8-11;1-11(17)9(16)7(5-13)18-10(11)12-3-2-6(14)4-8(12)15;1-6-3-2-5-4-6/h2*5-11,14-15,18,20,22,28,30H,12-13H2,1-4H3,(H,24,36);4-10H,1-3H3,(H,14,19);2-3,7,9-10,13,16-17H,4-5H2,1H3;2-4H,1H3/t15-,18+,20+,22+,23+,35+;15-,18+,20+,22+,23+,35-;10-,18?;7-,9-,10-,11-;/m0001./s1. The summed E-state index contributed by atoms with van der Waals surface area (Å²) in [5, 5.41) is 80.9. The molecule has 0 aliphatic carbocycles. The van der Waals surface area contributed by atoms with Gasteiger partial charge in [0.2, 0.25) is 17.7 Å². The number of aliphatic hydroxyl groups is 7. The first-order valence-corrected chi connectivity index (χ1v) is 44.9. The maximum atomic E-state index is 12.4. The molecule has 6 aliphatic rings. The van der Waals surface area contributed by atoms with Gasteiger partial charge < -0.3 is 91.4 Å². The summed E-state index contributed by atoms with van der Waals surface area (Å²) in [5.74, 6) is -5.69. The zero-order valence-electron chi connectivity index (χ0n) is 65.2. The molecule has 10 N–H and O–H groups in total. The average molecular weight is 1750 g/mol. The fraction of sp³-hybridized carbons (Fsp3) is 0.507. The Bertz CT molecular complexity index is 4050. The number of aromatic nitrogens is 2. The monoisotopic (exact) mass is 1740 g/mol. The molecule has 3 fully saturated rings. The van der Waals surface area contributed by atoms with Gasteiger partial charge in [-0.25, -0.2) is 20.2 Å². The fourth-order valence-electron chi connectivity index (χ4n) is 11.0. The molecule has 0 saturated carbocycles. The number of aliphatic hydroxyl groups excluding tert-OH is 4. The van der Waals surface area contributed by atoms with Gasteiger partial charge in [-0.15, -0.1) is 0 Å². The summed E-state index contributed by atoms with van der Waals surface area (Å²) >= 11 is 22.6. The van der Waals surface area contributed by atoms with Crippen molar-refractivity contribution < 1.29 is 130 Å². The summed E-state index contributed by atoms with van der Waals surface area (Å²) in [7, 11) is 1.94. The lowest BCUT2D eigenvalue weighted by Crippen LogP contribution is -2.54. The topological polar surface area (TPSA) is 460 Å². The Balaban J connectivity index is 0.000000242. The molecule has 6 aliphatic heterocycles. The number of para-hydroxylation sites is 3. The molecule has 115 heavy (non-hydrogen) atoms. The zero-order chi connectivity index (χ0) is 85.7. The molecule has 0 spiro atoms. The van der Waals surface area contributed by atoms with Gasteiger partial charge in [-0.2, -0.15) is 0 Å². The molecule has 1 aromatic heterocycles. The van der Waals surface area contributed by atoms with Gasteiger partial charge in [0.1, 0.15) is 88.8 Å². The van der Waals surface area contributed by atoms with Crippen LogP contribution in [-0.2, 0) is 123 Å². The number of benzene rings is 3. The Kier molecular flexibility index (Phi) is 36.3. The normalized spacial score (nSPS) is 27.4. The molecular weight excluding hydrogens is 1650 g/mol. The van der Waals surface area contributed by atoms with Crippen molar-refractivity contribution in [1.29, 1.82) is 0 Å². The van der Waals surface area contributed by atoms with E-state index in [2.05, 4.69) is 20.2 Å². The van der Waals surface area contributed by atoms with Gasteiger partial charge in [-0.3, -0.25) is 57.9 Å². The van der Waals surface area contributed by atoms with E-state index in [9.17, 15) is 73.8 Å². The highest BCUT2D eigenvalue weighted by molar-refractivity contribution is 8.23. The highest BCUT2D eigenvalue weighted by Crippen LogP contribution is 2.51. The average Bonchev–Trinajstić information content (AvgIpc) is 1.59. The van der Waals surface area contributed by atoms with Gasteiger partial charge in [0.25, 0.3) is 5.77 Å². The van der Waals surface area contributed by atoms with Crippen LogP contribution in [0.15, 0.2) is 147 Å². The largest absolute Gasteiger partial charge is 0.462 e. The molecule has 0 bridgehead atoms. The van der Waals surface area contributed by atoms with E-state index < -0.39 is 152 Å². The van der Waals surface area contributed by atoms with Crippen molar-refractivity contribution in [3.63, 3.8) is 0 Å². The fourth-order valence-corrected chi connectivity index (χ4v) is 18.3. The number of hydrogen-bond donors (Lipinski definition) is 10. The van der Waals surface area contributed by atoms with Gasteiger partial charge in [0.15, 0.2) is 36.0 Å². The van der Waals surface area contributed by atoms with E-state index in [1.165, 1.54) is 57.6 Å². The maximum Gasteiger partial charge on any atom is 0.323 e. The quantitative estimate of drug-likeness (QED) is 0.0158. The van der Waals surface area contributed by atoms with Crippen LogP contribution in [0.25, 0.3) is 0 Å². The molecule has 1 unspecified atom stereocenters. The Morgan fingerprint density at radius 2 is 0.809 bits per heavy atom. The molecule has 3 aromatic carbocycles. The number of ether oxygens (including phenoxy) is 6. The molecule has 634 valence electrons. The molecule has 7 heterocycles. The molecule has 10 rings (SSSR count). The Morgan fingerprint density at radius 3 is 1.07 bits per heavy atom. The Labute approximate surface area is 685 Å². The van der Waals surface area contributed by atoms with Crippen LogP contribution in [0.5, 0.6) is 17.2 Å². The minimum absolute atomic E-state index is 0.181. The molecule has 3 amide bonds. The molecule has 0 radical (unpaired) electrons. The van der Waals surface area contributed by atoms with E-state index in [1.807, 2.05) is 36.0 Å². The molecular formula is C73H100ClN8O27P3S3. The van der Waals surface area contributed by atoms with Gasteiger partial charge in [0, 0.05) is 38.0 Å². The number of esters is 3.